The van der Waals surface area contributed by atoms with Crippen LogP contribution in [0.4, 0.5) is 0 Å². The van der Waals surface area contributed by atoms with Gasteiger partial charge >= 0.3 is 0 Å². The molecule has 0 aliphatic carbocycles. The van der Waals surface area contributed by atoms with Crippen molar-refractivity contribution in [1.29, 1.82) is 0 Å². The standard InChI is InChI=1S/C15H18N2/c1-2-6-14(7-3-1)12-16-11-8-15(13-16)17-9-4-5-10-17/h1-7,9-10,15H,8,11-13H2. The molecule has 0 saturated carbocycles. The van der Waals surface area contributed by atoms with E-state index in [-0.39, 0.29) is 0 Å². The van der Waals surface area contributed by atoms with E-state index in [4.69, 9.17) is 0 Å². The van der Waals surface area contributed by atoms with Crippen LogP contribution in [0, 0.1) is 0 Å². The maximum atomic E-state index is 2.54. The molecule has 17 heavy (non-hydrogen) atoms. The second-order valence-corrected chi connectivity index (χ2v) is 4.79. The Labute approximate surface area is 102 Å². The molecule has 1 unspecified atom stereocenters. The van der Waals surface area contributed by atoms with E-state index in [1.54, 1.807) is 0 Å². The zero-order valence-electron chi connectivity index (χ0n) is 10.00. The van der Waals surface area contributed by atoms with E-state index in [2.05, 4.69) is 64.3 Å². The largest absolute Gasteiger partial charge is 0.350 e. The number of nitrogens with zero attached hydrogens (tertiary/aromatic N) is 2. The molecular weight excluding hydrogens is 208 g/mol. The normalized spacial score (nSPS) is 20.8. The van der Waals surface area contributed by atoms with Gasteiger partial charge in [-0.25, -0.2) is 0 Å². The van der Waals surface area contributed by atoms with Crippen molar-refractivity contribution in [3.8, 4) is 0 Å². The Morgan fingerprint density at radius 1 is 1.00 bits per heavy atom. The molecular formula is C15H18N2. The van der Waals surface area contributed by atoms with Crippen LogP contribution in [0.25, 0.3) is 0 Å². The minimum absolute atomic E-state index is 0.661. The van der Waals surface area contributed by atoms with Crippen LogP contribution in [0.15, 0.2) is 54.9 Å². The number of hydrogen-bond donors (Lipinski definition) is 0. The van der Waals surface area contributed by atoms with Crippen molar-refractivity contribution in [2.24, 2.45) is 0 Å². The summed E-state index contributed by atoms with van der Waals surface area (Å²) >= 11 is 0. The quantitative estimate of drug-likeness (QED) is 0.781. The van der Waals surface area contributed by atoms with Gasteiger partial charge in [-0.1, -0.05) is 30.3 Å². The van der Waals surface area contributed by atoms with Crippen LogP contribution in [0.3, 0.4) is 0 Å². The fraction of sp³-hybridized carbons (Fsp3) is 0.333. The average Bonchev–Trinajstić information content (AvgIpc) is 3.00. The zero-order valence-corrected chi connectivity index (χ0v) is 10.00. The third-order valence-corrected chi connectivity index (χ3v) is 3.55. The number of likely N-dealkylation sites (tertiary alicyclic amines) is 1. The summed E-state index contributed by atoms with van der Waals surface area (Å²) in [4.78, 5) is 2.54. The first-order chi connectivity index (χ1) is 8.42. The molecule has 2 nitrogen and oxygen atoms in total. The summed E-state index contributed by atoms with van der Waals surface area (Å²) in [5.41, 5.74) is 1.42. The summed E-state index contributed by atoms with van der Waals surface area (Å²) in [6, 6.07) is 15.6. The molecule has 88 valence electrons. The van der Waals surface area contributed by atoms with E-state index in [0.717, 1.165) is 6.54 Å². The molecule has 1 aromatic heterocycles. The van der Waals surface area contributed by atoms with E-state index >= 15 is 0 Å². The lowest BCUT2D eigenvalue weighted by Crippen LogP contribution is -2.20. The predicted molar refractivity (Wildman–Crippen MR) is 69.8 cm³/mol. The molecule has 1 aliphatic rings. The van der Waals surface area contributed by atoms with Gasteiger partial charge in [0.2, 0.25) is 0 Å². The van der Waals surface area contributed by atoms with Crippen LogP contribution in [-0.2, 0) is 6.54 Å². The first-order valence-electron chi connectivity index (χ1n) is 6.30. The summed E-state index contributed by atoms with van der Waals surface area (Å²) in [6.45, 7) is 3.46. The average molecular weight is 226 g/mol. The van der Waals surface area contributed by atoms with Gasteiger partial charge in [0.15, 0.2) is 0 Å². The van der Waals surface area contributed by atoms with Crippen LogP contribution in [-0.4, -0.2) is 22.6 Å². The smallest absolute Gasteiger partial charge is 0.0470 e. The number of aromatic nitrogens is 1. The highest BCUT2D eigenvalue weighted by Crippen LogP contribution is 2.22. The van der Waals surface area contributed by atoms with Crippen LogP contribution in [0.5, 0.6) is 0 Å². The third-order valence-electron chi connectivity index (χ3n) is 3.55. The first kappa shape index (κ1) is 10.6. The molecule has 3 rings (SSSR count). The summed E-state index contributed by atoms with van der Waals surface area (Å²) in [7, 11) is 0. The van der Waals surface area contributed by atoms with Gasteiger partial charge in [0.25, 0.3) is 0 Å². The van der Waals surface area contributed by atoms with Gasteiger partial charge < -0.3 is 4.57 Å². The van der Waals surface area contributed by atoms with Crippen LogP contribution < -0.4 is 0 Å². The number of hydrogen-bond acceptors (Lipinski definition) is 1. The van der Waals surface area contributed by atoms with Crippen molar-refractivity contribution in [2.75, 3.05) is 13.1 Å². The summed E-state index contributed by atoms with van der Waals surface area (Å²) in [5.74, 6) is 0. The molecule has 1 aromatic carbocycles. The van der Waals surface area contributed by atoms with Crippen molar-refractivity contribution < 1.29 is 0 Å². The Bertz CT molecular complexity index is 447. The fourth-order valence-corrected chi connectivity index (χ4v) is 2.63. The summed E-state index contributed by atoms with van der Waals surface area (Å²) < 4.78 is 2.34. The van der Waals surface area contributed by atoms with Gasteiger partial charge in [0.1, 0.15) is 0 Å². The molecule has 1 atom stereocenters. The zero-order chi connectivity index (χ0) is 11.5. The second-order valence-electron chi connectivity index (χ2n) is 4.79. The highest BCUT2D eigenvalue weighted by Gasteiger charge is 2.22. The number of rotatable bonds is 3. The van der Waals surface area contributed by atoms with Crippen molar-refractivity contribution >= 4 is 0 Å². The van der Waals surface area contributed by atoms with Crippen LogP contribution >= 0.6 is 0 Å². The highest BCUT2D eigenvalue weighted by molar-refractivity contribution is 5.14. The van der Waals surface area contributed by atoms with Gasteiger partial charge in [-0.2, -0.15) is 0 Å². The molecule has 0 radical (unpaired) electrons. The van der Waals surface area contributed by atoms with Crippen molar-refractivity contribution in [3.63, 3.8) is 0 Å². The van der Waals surface area contributed by atoms with E-state index in [1.807, 2.05) is 0 Å². The van der Waals surface area contributed by atoms with Gasteiger partial charge in [0, 0.05) is 38.1 Å². The highest BCUT2D eigenvalue weighted by atomic mass is 15.2. The maximum absolute atomic E-state index is 2.54. The Morgan fingerprint density at radius 3 is 2.53 bits per heavy atom. The Balaban J connectivity index is 1.61. The lowest BCUT2D eigenvalue weighted by molar-refractivity contribution is 0.316. The van der Waals surface area contributed by atoms with Crippen molar-refractivity contribution in [2.45, 2.75) is 19.0 Å². The Morgan fingerprint density at radius 2 is 1.76 bits per heavy atom. The minimum Gasteiger partial charge on any atom is -0.350 e. The Hall–Kier alpha value is -1.54. The molecule has 0 N–H and O–H groups in total. The van der Waals surface area contributed by atoms with Gasteiger partial charge in [-0.05, 0) is 24.1 Å². The molecule has 0 amide bonds. The fourth-order valence-electron chi connectivity index (χ4n) is 2.63. The van der Waals surface area contributed by atoms with Gasteiger partial charge in [-0.15, -0.1) is 0 Å². The van der Waals surface area contributed by atoms with Crippen molar-refractivity contribution in [3.05, 3.63) is 60.4 Å². The molecule has 1 fully saturated rings. The maximum Gasteiger partial charge on any atom is 0.0470 e. The second kappa shape index (κ2) is 4.76. The van der Waals surface area contributed by atoms with E-state index in [1.165, 1.54) is 25.1 Å². The van der Waals surface area contributed by atoms with Crippen LogP contribution in [0.1, 0.15) is 18.0 Å². The third kappa shape index (κ3) is 2.42. The summed E-state index contributed by atoms with van der Waals surface area (Å²) in [6.07, 6.45) is 5.62. The molecule has 0 bridgehead atoms. The van der Waals surface area contributed by atoms with E-state index < -0.39 is 0 Å². The lowest BCUT2D eigenvalue weighted by atomic mass is 10.2. The predicted octanol–water partition coefficient (Wildman–Crippen LogP) is 2.94. The molecule has 1 aliphatic heterocycles. The van der Waals surface area contributed by atoms with E-state index in [9.17, 15) is 0 Å². The topological polar surface area (TPSA) is 8.17 Å². The SMILES string of the molecule is c1ccc(CN2CCC(n3cccc3)C2)cc1. The van der Waals surface area contributed by atoms with E-state index in [0.29, 0.717) is 6.04 Å². The van der Waals surface area contributed by atoms with Gasteiger partial charge in [0.05, 0.1) is 0 Å². The number of benzene rings is 1. The monoisotopic (exact) mass is 226 g/mol. The molecule has 2 heterocycles. The van der Waals surface area contributed by atoms with Crippen molar-refractivity contribution in [1.82, 2.24) is 9.47 Å². The Kier molecular flexibility index (Phi) is 2.97. The molecule has 0 spiro atoms. The molecule has 1 saturated heterocycles. The molecule has 2 aromatic rings. The van der Waals surface area contributed by atoms with Crippen LogP contribution in [0.2, 0.25) is 0 Å². The lowest BCUT2D eigenvalue weighted by Gasteiger charge is -2.16. The molecule has 2 heteroatoms. The van der Waals surface area contributed by atoms with Gasteiger partial charge in [-0.3, -0.25) is 4.90 Å². The minimum atomic E-state index is 0.661. The first-order valence-corrected chi connectivity index (χ1v) is 6.30. The summed E-state index contributed by atoms with van der Waals surface area (Å²) in [5, 5.41) is 0.